The summed E-state index contributed by atoms with van der Waals surface area (Å²) in [7, 11) is 0. The van der Waals surface area contributed by atoms with E-state index in [1.165, 1.54) is 0 Å². The molecule has 0 saturated carbocycles. The summed E-state index contributed by atoms with van der Waals surface area (Å²) in [5, 5.41) is 10.2. The molecule has 0 atom stereocenters. The van der Waals surface area contributed by atoms with Crippen LogP contribution < -0.4 is 0 Å². The van der Waals surface area contributed by atoms with Crippen molar-refractivity contribution in [1.29, 1.82) is 0 Å². The largest absolute Gasteiger partial charge is 0.254 e. The Bertz CT molecular complexity index is 397. The Hall–Kier alpha value is -1.29. The third-order valence-corrected chi connectivity index (χ3v) is 2.82. The SMILES string of the molecule is CCCc1nnc(-c2ccccn2)s1. The van der Waals surface area contributed by atoms with Gasteiger partial charge in [0.15, 0.2) is 5.01 Å². The van der Waals surface area contributed by atoms with Gasteiger partial charge in [0, 0.05) is 12.6 Å². The minimum Gasteiger partial charge on any atom is -0.254 e. The fourth-order valence-electron chi connectivity index (χ4n) is 1.16. The van der Waals surface area contributed by atoms with Crippen LogP contribution in [-0.2, 0) is 6.42 Å². The van der Waals surface area contributed by atoms with Gasteiger partial charge in [-0.05, 0) is 18.6 Å². The summed E-state index contributed by atoms with van der Waals surface area (Å²) in [4.78, 5) is 4.23. The fourth-order valence-corrected chi connectivity index (χ4v) is 2.08. The van der Waals surface area contributed by atoms with Crippen molar-refractivity contribution in [3.05, 3.63) is 29.4 Å². The highest BCUT2D eigenvalue weighted by molar-refractivity contribution is 7.14. The van der Waals surface area contributed by atoms with Crippen molar-refractivity contribution >= 4 is 11.3 Å². The van der Waals surface area contributed by atoms with Gasteiger partial charge in [0.1, 0.15) is 10.7 Å². The Morgan fingerprint density at radius 2 is 2.21 bits per heavy atom. The van der Waals surface area contributed by atoms with E-state index >= 15 is 0 Å². The van der Waals surface area contributed by atoms with E-state index < -0.39 is 0 Å². The Morgan fingerprint density at radius 1 is 1.29 bits per heavy atom. The smallest absolute Gasteiger partial charge is 0.166 e. The molecule has 0 spiro atoms. The van der Waals surface area contributed by atoms with Gasteiger partial charge >= 0.3 is 0 Å². The predicted molar refractivity (Wildman–Crippen MR) is 57.1 cm³/mol. The zero-order valence-corrected chi connectivity index (χ0v) is 8.79. The van der Waals surface area contributed by atoms with E-state index in [-0.39, 0.29) is 0 Å². The number of rotatable bonds is 3. The van der Waals surface area contributed by atoms with E-state index in [1.54, 1.807) is 17.5 Å². The highest BCUT2D eigenvalue weighted by atomic mass is 32.1. The molecule has 0 unspecified atom stereocenters. The maximum absolute atomic E-state index is 4.23. The minimum absolute atomic E-state index is 0.910. The van der Waals surface area contributed by atoms with Crippen LogP contribution in [0.15, 0.2) is 24.4 Å². The molecule has 14 heavy (non-hydrogen) atoms. The van der Waals surface area contributed by atoms with Crippen molar-refractivity contribution < 1.29 is 0 Å². The quantitative estimate of drug-likeness (QED) is 0.773. The summed E-state index contributed by atoms with van der Waals surface area (Å²) in [6.45, 7) is 2.14. The first-order chi connectivity index (χ1) is 6.90. The molecule has 0 saturated heterocycles. The molecular formula is C10H11N3S. The number of hydrogen-bond donors (Lipinski definition) is 0. The van der Waals surface area contributed by atoms with Crippen molar-refractivity contribution in [3.63, 3.8) is 0 Å². The topological polar surface area (TPSA) is 38.7 Å². The maximum atomic E-state index is 4.23. The van der Waals surface area contributed by atoms with E-state index in [0.717, 1.165) is 28.6 Å². The van der Waals surface area contributed by atoms with E-state index in [2.05, 4.69) is 22.1 Å². The zero-order valence-electron chi connectivity index (χ0n) is 7.97. The second-order valence-electron chi connectivity index (χ2n) is 2.97. The minimum atomic E-state index is 0.910. The van der Waals surface area contributed by atoms with Crippen molar-refractivity contribution in [2.45, 2.75) is 19.8 Å². The molecule has 0 radical (unpaired) electrons. The van der Waals surface area contributed by atoms with Gasteiger partial charge in [-0.25, -0.2) is 0 Å². The highest BCUT2D eigenvalue weighted by Gasteiger charge is 2.05. The second-order valence-corrected chi connectivity index (χ2v) is 4.03. The molecule has 72 valence electrons. The lowest BCUT2D eigenvalue weighted by Gasteiger charge is -1.90. The van der Waals surface area contributed by atoms with E-state index in [1.807, 2.05) is 18.2 Å². The summed E-state index contributed by atoms with van der Waals surface area (Å²) in [6.07, 6.45) is 3.89. The summed E-state index contributed by atoms with van der Waals surface area (Å²) in [5.41, 5.74) is 0.910. The lowest BCUT2D eigenvalue weighted by Crippen LogP contribution is -1.81. The van der Waals surface area contributed by atoms with Gasteiger partial charge in [0.25, 0.3) is 0 Å². The molecule has 0 aliphatic carbocycles. The van der Waals surface area contributed by atoms with Gasteiger partial charge < -0.3 is 0 Å². The standard InChI is InChI=1S/C10H11N3S/c1-2-5-9-12-13-10(14-9)8-6-3-4-7-11-8/h3-4,6-7H,2,5H2,1H3. The van der Waals surface area contributed by atoms with E-state index in [0.29, 0.717) is 0 Å². The van der Waals surface area contributed by atoms with Gasteiger partial charge in [-0.15, -0.1) is 10.2 Å². The van der Waals surface area contributed by atoms with Crippen molar-refractivity contribution in [2.75, 3.05) is 0 Å². The van der Waals surface area contributed by atoms with Gasteiger partial charge in [-0.2, -0.15) is 0 Å². The Labute approximate surface area is 86.9 Å². The molecule has 4 heteroatoms. The normalized spacial score (nSPS) is 10.4. The van der Waals surface area contributed by atoms with Crippen molar-refractivity contribution in [3.8, 4) is 10.7 Å². The number of aromatic nitrogens is 3. The molecule has 0 aromatic carbocycles. The van der Waals surface area contributed by atoms with Gasteiger partial charge in [0.05, 0.1) is 0 Å². The van der Waals surface area contributed by atoms with Crippen molar-refractivity contribution in [1.82, 2.24) is 15.2 Å². The van der Waals surface area contributed by atoms with E-state index in [9.17, 15) is 0 Å². The summed E-state index contributed by atoms with van der Waals surface area (Å²) < 4.78 is 0. The van der Waals surface area contributed by atoms with Crippen LogP contribution in [-0.4, -0.2) is 15.2 Å². The maximum Gasteiger partial charge on any atom is 0.166 e. The molecule has 2 heterocycles. The Morgan fingerprint density at radius 3 is 2.93 bits per heavy atom. The van der Waals surface area contributed by atoms with Gasteiger partial charge in [-0.3, -0.25) is 4.98 Å². The van der Waals surface area contributed by atoms with Crippen molar-refractivity contribution in [2.24, 2.45) is 0 Å². The third kappa shape index (κ3) is 1.96. The van der Waals surface area contributed by atoms with Crippen LogP contribution >= 0.6 is 11.3 Å². The van der Waals surface area contributed by atoms with Crippen LogP contribution in [0.4, 0.5) is 0 Å². The first kappa shape index (κ1) is 9.27. The molecule has 0 fully saturated rings. The molecule has 2 rings (SSSR count). The summed E-state index contributed by atoms with van der Waals surface area (Å²) >= 11 is 1.63. The first-order valence-electron chi connectivity index (χ1n) is 4.64. The first-order valence-corrected chi connectivity index (χ1v) is 5.45. The molecule has 2 aromatic heterocycles. The van der Waals surface area contributed by atoms with Gasteiger partial charge in [0.2, 0.25) is 0 Å². The number of aryl methyl sites for hydroxylation is 1. The molecule has 0 bridgehead atoms. The lowest BCUT2D eigenvalue weighted by atomic mass is 10.4. The number of nitrogens with zero attached hydrogens (tertiary/aromatic N) is 3. The zero-order chi connectivity index (χ0) is 9.80. The average molecular weight is 205 g/mol. The molecule has 2 aromatic rings. The summed E-state index contributed by atoms with van der Waals surface area (Å²) in [6, 6.07) is 5.82. The number of hydrogen-bond acceptors (Lipinski definition) is 4. The van der Waals surface area contributed by atoms with Crippen LogP contribution in [0.5, 0.6) is 0 Å². The Balaban J connectivity index is 2.25. The van der Waals surface area contributed by atoms with Crippen LogP contribution in [0.1, 0.15) is 18.4 Å². The highest BCUT2D eigenvalue weighted by Crippen LogP contribution is 2.21. The molecule has 0 aliphatic heterocycles. The average Bonchev–Trinajstić information content (AvgIpc) is 2.68. The van der Waals surface area contributed by atoms with Crippen LogP contribution in [0.3, 0.4) is 0 Å². The lowest BCUT2D eigenvalue weighted by molar-refractivity contribution is 0.878. The Kier molecular flexibility index (Phi) is 2.84. The molecular weight excluding hydrogens is 194 g/mol. The molecule has 3 nitrogen and oxygen atoms in total. The van der Waals surface area contributed by atoms with Gasteiger partial charge in [-0.1, -0.05) is 24.3 Å². The molecule has 0 aliphatic rings. The molecule has 0 N–H and O–H groups in total. The second kappa shape index (κ2) is 4.28. The monoisotopic (exact) mass is 205 g/mol. The third-order valence-electron chi connectivity index (χ3n) is 1.81. The van der Waals surface area contributed by atoms with E-state index in [4.69, 9.17) is 0 Å². The fraction of sp³-hybridized carbons (Fsp3) is 0.300. The van der Waals surface area contributed by atoms with Crippen LogP contribution in [0, 0.1) is 0 Å². The van der Waals surface area contributed by atoms with Crippen LogP contribution in [0.25, 0.3) is 10.7 Å². The number of pyridine rings is 1. The predicted octanol–water partition coefficient (Wildman–Crippen LogP) is 2.55. The van der Waals surface area contributed by atoms with Crippen LogP contribution in [0.2, 0.25) is 0 Å². The summed E-state index contributed by atoms with van der Waals surface area (Å²) in [5.74, 6) is 0. The molecule has 0 amide bonds.